The van der Waals surface area contributed by atoms with Crippen molar-refractivity contribution in [3.63, 3.8) is 0 Å². The van der Waals surface area contributed by atoms with Gasteiger partial charge in [0.1, 0.15) is 26.4 Å². The second-order valence-corrected chi connectivity index (χ2v) is 4.42. The molecule has 1 aromatic carbocycles. The van der Waals surface area contributed by atoms with Crippen LogP contribution in [0.1, 0.15) is 18.1 Å². The van der Waals surface area contributed by atoms with Crippen LogP contribution in [0.5, 0.6) is 0 Å². The Morgan fingerprint density at radius 2 is 1.41 bits per heavy atom. The molecule has 0 atom stereocenters. The highest BCUT2D eigenvalue weighted by atomic mass is 16.3. The molecule has 0 unspecified atom stereocenters. The van der Waals surface area contributed by atoms with Crippen LogP contribution in [0.4, 0.5) is 0 Å². The summed E-state index contributed by atoms with van der Waals surface area (Å²) < 4.78 is 0. The molecule has 0 aliphatic heterocycles. The molecule has 0 fully saturated rings. The molecule has 0 spiro atoms. The van der Waals surface area contributed by atoms with Crippen molar-refractivity contribution >= 4 is 0 Å². The first-order chi connectivity index (χ1) is 8.19. The van der Waals surface area contributed by atoms with Gasteiger partial charge in [-0.25, -0.2) is 0 Å². The molecule has 1 aromatic rings. The maximum absolute atomic E-state index is 9.19. The van der Waals surface area contributed by atoms with Crippen LogP contribution in [-0.2, 0) is 13.0 Å². The topological polar surface area (TPSA) is 77.3 Å². The van der Waals surface area contributed by atoms with E-state index in [4.69, 9.17) is 0 Å². The summed E-state index contributed by atoms with van der Waals surface area (Å²) >= 11 is 0. The van der Waals surface area contributed by atoms with E-state index in [9.17, 15) is 15.3 Å². The lowest BCUT2D eigenvalue weighted by molar-refractivity contribution is -0.746. The van der Waals surface area contributed by atoms with Crippen LogP contribution in [0.25, 0.3) is 0 Å². The summed E-state index contributed by atoms with van der Waals surface area (Å²) in [5.41, 5.74) is 1.51. The molecular weight excluding hydrogens is 218 g/mol. The Hall–Kier alpha value is -0.940. The third-order valence-electron chi connectivity index (χ3n) is 3.15. The summed E-state index contributed by atoms with van der Waals surface area (Å²) in [5.74, 6) is 0. The molecule has 96 valence electrons. The minimum absolute atomic E-state index is 0.243. The van der Waals surface area contributed by atoms with Gasteiger partial charge in [-0.15, -0.1) is 0 Å². The fraction of sp³-hybridized carbons (Fsp3) is 0.538. The van der Waals surface area contributed by atoms with Crippen molar-refractivity contribution < 1.29 is 20.6 Å². The lowest BCUT2D eigenvalue weighted by Crippen LogP contribution is -2.99. The van der Waals surface area contributed by atoms with Crippen molar-refractivity contribution in [1.29, 1.82) is 0 Å². The molecule has 17 heavy (non-hydrogen) atoms. The number of benzene rings is 1. The SMILES string of the molecule is CCc1ccc(C[NH2+]C(CO)(CO)CO)cc1. The Kier molecular flexibility index (Phi) is 5.58. The molecule has 0 aliphatic rings. The van der Waals surface area contributed by atoms with Crippen molar-refractivity contribution in [3.05, 3.63) is 35.4 Å². The van der Waals surface area contributed by atoms with Gasteiger partial charge in [0.25, 0.3) is 0 Å². The standard InChI is InChI=1S/C13H21NO3/c1-2-11-3-5-12(6-4-11)7-14-13(8-15,9-16)10-17/h3-6,14-17H,2,7-10H2,1H3/p+1. The molecule has 0 amide bonds. The second-order valence-electron chi connectivity index (χ2n) is 4.42. The smallest absolute Gasteiger partial charge is 0.166 e. The van der Waals surface area contributed by atoms with Gasteiger partial charge < -0.3 is 20.6 Å². The van der Waals surface area contributed by atoms with E-state index < -0.39 is 5.54 Å². The normalized spacial score (nSPS) is 11.8. The van der Waals surface area contributed by atoms with Crippen molar-refractivity contribution in [2.24, 2.45) is 0 Å². The maximum atomic E-state index is 9.19. The minimum atomic E-state index is -0.885. The summed E-state index contributed by atoms with van der Waals surface area (Å²) in [7, 11) is 0. The number of nitrogens with two attached hydrogens (primary N) is 1. The van der Waals surface area contributed by atoms with Gasteiger partial charge in [0, 0.05) is 5.56 Å². The van der Waals surface area contributed by atoms with Crippen LogP contribution in [0.3, 0.4) is 0 Å². The van der Waals surface area contributed by atoms with Gasteiger partial charge in [-0.1, -0.05) is 31.2 Å². The van der Waals surface area contributed by atoms with Crippen LogP contribution in [-0.4, -0.2) is 40.7 Å². The Morgan fingerprint density at radius 1 is 0.941 bits per heavy atom. The maximum Gasteiger partial charge on any atom is 0.166 e. The Balaban J connectivity index is 2.59. The highest BCUT2D eigenvalue weighted by Crippen LogP contribution is 2.04. The van der Waals surface area contributed by atoms with Gasteiger partial charge in [-0.3, -0.25) is 0 Å². The van der Waals surface area contributed by atoms with Crippen molar-refractivity contribution in [2.45, 2.75) is 25.4 Å². The second kappa shape index (κ2) is 6.71. The molecule has 0 aromatic heterocycles. The molecule has 4 nitrogen and oxygen atoms in total. The highest BCUT2D eigenvalue weighted by Gasteiger charge is 2.31. The quantitative estimate of drug-likeness (QED) is 0.495. The van der Waals surface area contributed by atoms with Crippen LogP contribution in [0.2, 0.25) is 0 Å². The predicted octanol–water partition coefficient (Wildman–Crippen LogP) is -0.972. The molecule has 0 saturated carbocycles. The van der Waals surface area contributed by atoms with Crippen molar-refractivity contribution in [3.8, 4) is 0 Å². The molecule has 0 aliphatic carbocycles. The Labute approximate surface area is 102 Å². The monoisotopic (exact) mass is 240 g/mol. The zero-order chi connectivity index (χ0) is 12.7. The molecular formula is C13H22NO3+. The first-order valence-corrected chi connectivity index (χ1v) is 5.94. The van der Waals surface area contributed by atoms with Gasteiger partial charge in [-0.05, 0) is 12.0 Å². The average Bonchev–Trinajstić information content (AvgIpc) is 2.41. The van der Waals surface area contributed by atoms with Gasteiger partial charge in [0.2, 0.25) is 0 Å². The number of aliphatic hydroxyl groups excluding tert-OH is 3. The summed E-state index contributed by atoms with van der Waals surface area (Å²) in [4.78, 5) is 0. The lowest BCUT2D eigenvalue weighted by Gasteiger charge is -2.25. The zero-order valence-electron chi connectivity index (χ0n) is 10.3. The first kappa shape index (κ1) is 14.1. The summed E-state index contributed by atoms with van der Waals surface area (Å²) in [5, 5.41) is 29.3. The highest BCUT2D eigenvalue weighted by molar-refractivity contribution is 5.21. The number of quaternary nitrogens is 1. The summed E-state index contributed by atoms with van der Waals surface area (Å²) in [6.07, 6.45) is 1.01. The number of aliphatic hydroxyl groups is 3. The molecule has 4 heteroatoms. The molecule has 1 rings (SSSR count). The lowest BCUT2D eigenvalue weighted by atomic mass is 10.0. The van der Waals surface area contributed by atoms with Gasteiger partial charge in [-0.2, -0.15) is 0 Å². The van der Waals surface area contributed by atoms with Crippen molar-refractivity contribution in [2.75, 3.05) is 19.8 Å². The average molecular weight is 240 g/mol. The van der Waals surface area contributed by atoms with Gasteiger partial charge >= 0.3 is 0 Å². The van der Waals surface area contributed by atoms with E-state index in [2.05, 4.69) is 19.1 Å². The Morgan fingerprint density at radius 3 is 1.82 bits per heavy atom. The van der Waals surface area contributed by atoms with E-state index in [-0.39, 0.29) is 19.8 Å². The molecule has 0 radical (unpaired) electrons. The molecule has 0 heterocycles. The fourth-order valence-electron chi connectivity index (χ4n) is 1.59. The number of hydrogen-bond acceptors (Lipinski definition) is 3. The van der Waals surface area contributed by atoms with E-state index in [0.717, 1.165) is 12.0 Å². The van der Waals surface area contributed by atoms with Crippen LogP contribution in [0, 0.1) is 0 Å². The number of hydrogen-bond donors (Lipinski definition) is 4. The zero-order valence-corrected chi connectivity index (χ0v) is 10.3. The molecule has 0 saturated heterocycles. The van der Waals surface area contributed by atoms with E-state index in [1.807, 2.05) is 12.1 Å². The van der Waals surface area contributed by atoms with Crippen LogP contribution in [0.15, 0.2) is 24.3 Å². The largest absolute Gasteiger partial charge is 0.390 e. The van der Waals surface area contributed by atoms with Crippen LogP contribution < -0.4 is 5.32 Å². The molecule has 0 bridgehead atoms. The van der Waals surface area contributed by atoms with E-state index in [1.54, 1.807) is 5.32 Å². The third-order valence-corrected chi connectivity index (χ3v) is 3.15. The summed E-state index contributed by atoms with van der Waals surface area (Å²) in [6.45, 7) is 2.01. The van der Waals surface area contributed by atoms with E-state index in [1.165, 1.54) is 5.56 Å². The fourth-order valence-corrected chi connectivity index (χ4v) is 1.59. The molecule has 5 N–H and O–H groups in total. The third kappa shape index (κ3) is 3.78. The Bertz CT molecular complexity index is 312. The number of aryl methyl sites for hydroxylation is 1. The predicted molar refractivity (Wildman–Crippen MR) is 65.4 cm³/mol. The van der Waals surface area contributed by atoms with Crippen molar-refractivity contribution in [1.82, 2.24) is 0 Å². The van der Waals surface area contributed by atoms with E-state index >= 15 is 0 Å². The van der Waals surface area contributed by atoms with E-state index in [0.29, 0.717) is 6.54 Å². The van der Waals surface area contributed by atoms with Crippen LogP contribution >= 0.6 is 0 Å². The summed E-state index contributed by atoms with van der Waals surface area (Å²) in [6, 6.07) is 8.21. The number of rotatable bonds is 7. The van der Waals surface area contributed by atoms with Gasteiger partial charge in [0.15, 0.2) is 5.54 Å². The minimum Gasteiger partial charge on any atom is -0.390 e. The first-order valence-electron chi connectivity index (χ1n) is 5.94. The van der Waals surface area contributed by atoms with Gasteiger partial charge in [0.05, 0.1) is 0 Å².